The molecule has 0 spiro atoms. The number of hydrogen-bond acceptors (Lipinski definition) is 2. The van der Waals surface area contributed by atoms with E-state index in [2.05, 4.69) is 10.4 Å². The van der Waals surface area contributed by atoms with Crippen LogP contribution in [0.4, 0.5) is 10.2 Å². The van der Waals surface area contributed by atoms with E-state index in [0.29, 0.717) is 21.6 Å². The molecule has 4 nitrogen and oxygen atoms in total. The molecule has 2 aromatic carbocycles. The van der Waals surface area contributed by atoms with E-state index in [1.54, 1.807) is 35.1 Å². The first-order valence-corrected chi connectivity index (χ1v) is 7.36. The maximum atomic E-state index is 13.1. The van der Waals surface area contributed by atoms with Gasteiger partial charge in [0.05, 0.1) is 15.7 Å². The van der Waals surface area contributed by atoms with Crippen molar-refractivity contribution in [2.24, 2.45) is 0 Å². The molecule has 0 saturated carbocycles. The maximum absolute atomic E-state index is 13.1. The Morgan fingerprint density at radius 1 is 1.09 bits per heavy atom. The molecular formula is C16H10Cl2FN3O. The van der Waals surface area contributed by atoms with Gasteiger partial charge in [0.2, 0.25) is 0 Å². The average Bonchev–Trinajstić information content (AvgIpc) is 2.98. The van der Waals surface area contributed by atoms with E-state index in [9.17, 15) is 9.18 Å². The first-order chi connectivity index (χ1) is 11.0. The Morgan fingerprint density at radius 3 is 2.65 bits per heavy atom. The number of amides is 1. The lowest BCUT2D eigenvalue weighted by Crippen LogP contribution is -2.12. The molecule has 3 rings (SSSR count). The van der Waals surface area contributed by atoms with Gasteiger partial charge in [0.1, 0.15) is 5.82 Å². The molecule has 1 N–H and O–H groups in total. The fraction of sp³-hybridized carbons (Fsp3) is 0. The smallest absolute Gasteiger partial charge is 0.256 e. The highest BCUT2D eigenvalue weighted by Crippen LogP contribution is 2.24. The molecule has 23 heavy (non-hydrogen) atoms. The molecule has 0 radical (unpaired) electrons. The summed E-state index contributed by atoms with van der Waals surface area (Å²) >= 11 is 11.8. The number of nitrogens with one attached hydrogen (secondary N) is 1. The summed E-state index contributed by atoms with van der Waals surface area (Å²) in [7, 11) is 0. The topological polar surface area (TPSA) is 46.9 Å². The van der Waals surface area contributed by atoms with Crippen molar-refractivity contribution < 1.29 is 9.18 Å². The van der Waals surface area contributed by atoms with Crippen LogP contribution in [0.2, 0.25) is 10.0 Å². The van der Waals surface area contributed by atoms with E-state index in [4.69, 9.17) is 23.2 Å². The summed E-state index contributed by atoms with van der Waals surface area (Å²) in [6.07, 6.45) is 1.67. The van der Waals surface area contributed by atoms with Crippen LogP contribution in [0, 0.1) is 5.82 Å². The van der Waals surface area contributed by atoms with Gasteiger partial charge in [0.15, 0.2) is 5.82 Å². The number of rotatable bonds is 3. The Balaban J connectivity index is 1.79. The molecule has 1 aromatic heterocycles. The predicted molar refractivity (Wildman–Crippen MR) is 87.9 cm³/mol. The third kappa shape index (κ3) is 3.52. The van der Waals surface area contributed by atoms with E-state index >= 15 is 0 Å². The summed E-state index contributed by atoms with van der Waals surface area (Å²) in [6.45, 7) is 0. The van der Waals surface area contributed by atoms with Gasteiger partial charge in [0.25, 0.3) is 5.91 Å². The second-order valence-electron chi connectivity index (χ2n) is 4.71. The second kappa shape index (κ2) is 6.40. The number of nitrogens with zero attached hydrogens (tertiary/aromatic N) is 2. The van der Waals surface area contributed by atoms with Crippen molar-refractivity contribution in [3.8, 4) is 5.69 Å². The molecular weight excluding hydrogens is 340 g/mol. The van der Waals surface area contributed by atoms with Crippen LogP contribution in [-0.2, 0) is 0 Å². The molecule has 0 atom stereocenters. The third-order valence-corrected chi connectivity index (χ3v) is 3.82. The van der Waals surface area contributed by atoms with Crippen molar-refractivity contribution in [3.63, 3.8) is 0 Å². The normalized spacial score (nSPS) is 10.6. The molecule has 1 heterocycles. The van der Waals surface area contributed by atoms with Crippen LogP contribution in [0.1, 0.15) is 10.4 Å². The molecule has 0 aliphatic carbocycles. The van der Waals surface area contributed by atoms with Gasteiger partial charge in [-0.3, -0.25) is 4.79 Å². The number of carbonyl (C=O) groups is 1. The van der Waals surface area contributed by atoms with Crippen LogP contribution in [0.15, 0.2) is 54.7 Å². The Labute approximate surface area is 141 Å². The minimum atomic E-state index is -0.473. The quantitative estimate of drug-likeness (QED) is 0.752. The number of anilines is 1. The third-order valence-electron chi connectivity index (χ3n) is 3.09. The Kier molecular flexibility index (Phi) is 4.32. The molecule has 7 heteroatoms. The first kappa shape index (κ1) is 15.5. The van der Waals surface area contributed by atoms with Crippen LogP contribution < -0.4 is 5.32 Å². The molecule has 1 amide bonds. The number of halogens is 3. The summed E-state index contributed by atoms with van der Waals surface area (Å²) in [6, 6.07) is 12.1. The highest BCUT2D eigenvalue weighted by Gasteiger charge is 2.10. The molecule has 0 fully saturated rings. The van der Waals surface area contributed by atoms with Gasteiger partial charge in [0, 0.05) is 17.8 Å². The Morgan fingerprint density at radius 2 is 1.91 bits per heavy atom. The average molecular weight is 350 g/mol. The lowest BCUT2D eigenvalue weighted by atomic mass is 10.2. The van der Waals surface area contributed by atoms with Crippen LogP contribution in [0.3, 0.4) is 0 Å². The zero-order valence-electron chi connectivity index (χ0n) is 11.6. The van der Waals surface area contributed by atoms with Crippen molar-refractivity contribution in [3.05, 3.63) is 76.2 Å². The predicted octanol–water partition coefficient (Wildman–Crippen LogP) is 4.57. The van der Waals surface area contributed by atoms with Crippen molar-refractivity contribution in [2.45, 2.75) is 0 Å². The van der Waals surface area contributed by atoms with Gasteiger partial charge in [-0.25, -0.2) is 9.07 Å². The molecule has 0 aliphatic rings. The van der Waals surface area contributed by atoms with Crippen LogP contribution in [0.5, 0.6) is 0 Å². The van der Waals surface area contributed by atoms with Crippen LogP contribution >= 0.6 is 23.2 Å². The highest BCUT2D eigenvalue weighted by molar-refractivity contribution is 6.42. The molecule has 3 aromatic rings. The SMILES string of the molecule is O=C(Nc1ccn(-c2ccc(Cl)c(Cl)c2)n1)c1cccc(F)c1. The van der Waals surface area contributed by atoms with Crippen LogP contribution in [-0.4, -0.2) is 15.7 Å². The van der Waals surface area contributed by atoms with E-state index in [-0.39, 0.29) is 5.56 Å². The fourth-order valence-electron chi connectivity index (χ4n) is 1.98. The number of aromatic nitrogens is 2. The summed E-state index contributed by atoms with van der Waals surface area (Å²) in [4.78, 5) is 12.0. The zero-order chi connectivity index (χ0) is 16.4. The van der Waals surface area contributed by atoms with Gasteiger partial charge in [-0.15, -0.1) is 0 Å². The summed E-state index contributed by atoms with van der Waals surface area (Å²) in [5.41, 5.74) is 0.916. The van der Waals surface area contributed by atoms with Gasteiger partial charge in [-0.2, -0.15) is 5.10 Å². The molecule has 0 aliphatic heterocycles. The summed E-state index contributed by atoms with van der Waals surface area (Å²) in [5, 5.41) is 7.69. The molecule has 0 unspecified atom stereocenters. The molecule has 0 bridgehead atoms. The summed E-state index contributed by atoms with van der Waals surface area (Å²) < 4.78 is 14.7. The Hall–Kier alpha value is -2.37. The highest BCUT2D eigenvalue weighted by atomic mass is 35.5. The largest absolute Gasteiger partial charge is 0.305 e. The van der Waals surface area contributed by atoms with Gasteiger partial charge in [-0.1, -0.05) is 29.3 Å². The lowest BCUT2D eigenvalue weighted by molar-refractivity contribution is 0.102. The van der Waals surface area contributed by atoms with Crippen molar-refractivity contribution in [1.82, 2.24) is 9.78 Å². The summed E-state index contributed by atoms with van der Waals surface area (Å²) in [5.74, 6) is -0.576. The Bertz CT molecular complexity index is 879. The number of carbonyl (C=O) groups excluding carboxylic acids is 1. The van der Waals surface area contributed by atoms with Crippen molar-refractivity contribution >= 4 is 34.9 Å². The van der Waals surface area contributed by atoms with Crippen molar-refractivity contribution in [2.75, 3.05) is 5.32 Å². The lowest BCUT2D eigenvalue weighted by Gasteiger charge is -2.04. The number of benzene rings is 2. The van der Waals surface area contributed by atoms with Gasteiger partial charge in [-0.05, 0) is 36.4 Å². The van der Waals surface area contributed by atoms with Gasteiger partial charge < -0.3 is 5.32 Å². The van der Waals surface area contributed by atoms with E-state index in [0.717, 1.165) is 6.07 Å². The monoisotopic (exact) mass is 349 g/mol. The van der Waals surface area contributed by atoms with E-state index in [1.165, 1.54) is 18.2 Å². The maximum Gasteiger partial charge on any atom is 0.256 e. The second-order valence-corrected chi connectivity index (χ2v) is 5.52. The van der Waals surface area contributed by atoms with E-state index < -0.39 is 11.7 Å². The minimum Gasteiger partial charge on any atom is -0.305 e. The van der Waals surface area contributed by atoms with Gasteiger partial charge >= 0.3 is 0 Å². The molecule has 116 valence electrons. The minimum absolute atomic E-state index is 0.217. The van der Waals surface area contributed by atoms with Crippen LogP contribution in [0.25, 0.3) is 5.69 Å². The number of hydrogen-bond donors (Lipinski definition) is 1. The first-order valence-electron chi connectivity index (χ1n) is 6.61. The van der Waals surface area contributed by atoms with Crippen molar-refractivity contribution in [1.29, 1.82) is 0 Å². The standard InChI is InChI=1S/C16H10Cl2FN3O/c17-13-5-4-12(9-14(13)18)22-7-6-15(21-22)20-16(23)10-2-1-3-11(19)8-10/h1-9H,(H,20,21,23). The zero-order valence-corrected chi connectivity index (χ0v) is 13.1. The fourth-order valence-corrected chi connectivity index (χ4v) is 2.27. The van der Waals surface area contributed by atoms with E-state index in [1.807, 2.05) is 0 Å². The molecule has 0 saturated heterocycles.